The average molecular weight is 146 g/mol. The molecule has 0 spiro atoms. The smallest absolute Gasteiger partial charge is 0.330 e. The minimum absolute atomic E-state index is 0.299. The van der Waals surface area contributed by atoms with Gasteiger partial charge in [0.1, 0.15) is 6.61 Å². The van der Waals surface area contributed by atoms with E-state index in [9.17, 15) is 4.79 Å². The molecule has 2 nitrogen and oxygen atoms in total. The number of esters is 1. The van der Waals surface area contributed by atoms with Crippen molar-refractivity contribution in [3.05, 3.63) is 12.2 Å². The summed E-state index contributed by atoms with van der Waals surface area (Å²) in [5.74, 6) is 0.273. The third-order valence-corrected chi connectivity index (χ3v) is 0.821. The van der Waals surface area contributed by atoms with Crippen LogP contribution in [0.2, 0.25) is 0 Å². The minimum atomic E-state index is -0.299. The summed E-state index contributed by atoms with van der Waals surface area (Å²) in [6.45, 7) is 2.15. The zero-order valence-electron chi connectivity index (χ0n) is 5.33. The molecule has 0 saturated carbocycles. The summed E-state index contributed by atoms with van der Waals surface area (Å²) in [5, 5.41) is 0. The van der Waals surface area contributed by atoms with Gasteiger partial charge in [-0.25, -0.2) is 4.79 Å². The third kappa shape index (κ3) is 5.43. The number of thiol groups is 1. The van der Waals surface area contributed by atoms with Gasteiger partial charge in [-0.2, -0.15) is 12.6 Å². The maximum atomic E-state index is 10.5. The fourth-order valence-corrected chi connectivity index (χ4v) is 0.422. The topological polar surface area (TPSA) is 26.3 Å². The van der Waals surface area contributed by atoms with Crippen molar-refractivity contribution in [2.45, 2.75) is 6.92 Å². The first-order valence-electron chi connectivity index (χ1n) is 2.71. The Morgan fingerprint density at radius 1 is 1.78 bits per heavy atom. The fraction of sp³-hybridized carbons (Fsp3) is 0.500. The molecule has 0 radical (unpaired) electrons. The van der Waals surface area contributed by atoms with E-state index in [1.165, 1.54) is 6.08 Å². The minimum Gasteiger partial charge on any atom is -0.462 e. The summed E-state index contributed by atoms with van der Waals surface area (Å²) in [7, 11) is 0. The van der Waals surface area contributed by atoms with Crippen molar-refractivity contribution in [3.63, 3.8) is 0 Å². The highest BCUT2D eigenvalue weighted by atomic mass is 32.1. The summed E-state index contributed by atoms with van der Waals surface area (Å²) in [6, 6.07) is 0. The first kappa shape index (κ1) is 8.56. The first-order chi connectivity index (χ1) is 4.31. The highest BCUT2D eigenvalue weighted by Crippen LogP contribution is 1.82. The molecule has 0 saturated heterocycles. The number of rotatable bonds is 3. The van der Waals surface area contributed by atoms with Gasteiger partial charge < -0.3 is 4.74 Å². The van der Waals surface area contributed by atoms with Gasteiger partial charge >= 0.3 is 5.97 Å². The van der Waals surface area contributed by atoms with Crippen LogP contribution in [0.4, 0.5) is 0 Å². The van der Waals surface area contributed by atoms with Crippen LogP contribution in [0.25, 0.3) is 0 Å². The monoisotopic (exact) mass is 146 g/mol. The van der Waals surface area contributed by atoms with Crippen molar-refractivity contribution in [2.75, 3.05) is 12.4 Å². The van der Waals surface area contributed by atoms with E-state index in [0.717, 1.165) is 0 Å². The van der Waals surface area contributed by atoms with Gasteiger partial charge in [-0.15, -0.1) is 0 Å². The summed E-state index contributed by atoms with van der Waals surface area (Å²) in [6.07, 6.45) is 3.02. The number of ether oxygens (including phenoxy) is 1. The Labute approximate surface area is 60.3 Å². The lowest BCUT2D eigenvalue weighted by Crippen LogP contribution is -2.02. The van der Waals surface area contributed by atoms with Gasteiger partial charge in [0.05, 0.1) is 0 Å². The van der Waals surface area contributed by atoms with E-state index in [2.05, 4.69) is 17.4 Å². The molecular weight excluding hydrogens is 136 g/mol. The van der Waals surface area contributed by atoms with Crippen molar-refractivity contribution >= 4 is 18.6 Å². The van der Waals surface area contributed by atoms with Crippen LogP contribution in [-0.4, -0.2) is 18.3 Å². The molecule has 0 bridgehead atoms. The highest BCUT2D eigenvalue weighted by Gasteiger charge is 1.91. The zero-order chi connectivity index (χ0) is 7.11. The number of hydrogen-bond acceptors (Lipinski definition) is 3. The van der Waals surface area contributed by atoms with Gasteiger partial charge in [0.2, 0.25) is 0 Å². The fourth-order valence-electron chi connectivity index (χ4n) is 0.330. The Kier molecular flexibility index (Phi) is 5.41. The van der Waals surface area contributed by atoms with E-state index in [4.69, 9.17) is 0 Å². The Morgan fingerprint density at radius 3 is 2.89 bits per heavy atom. The van der Waals surface area contributed by atoms with E-state index in [1.807, 2.05) is 0 Å². The number of carbonyl (C=O) groups is 1. The van der Waals surface area contributed by atoms with E-state index in [-0.39, 0.29) is 5.97 Å². The molecule has 0 aliphatic heterocycles. The second-order valence-corrected chi connectivity index (χ2v) is 1.84. The van der Waals surface area contributed by atoms with Crippen LogP contribution in [0.1, 0.15) is 6.92 Å². The maximum absolute atomic E-state index is 10.5. The summed E-state index contributed by atoms with van der Waals surface area (Å²) >= 11 is 3.86. The molecule has 0 rings (SSSR count). The molecule has 0 aliphatic carbocycles. The molecule has 0 aromatic heterocycles. The summed E-state index contributed by atoms with van der Waals surface area (Å²) < 4.78 is 4.63. The molecule has 0 N–H and O–H groups in total. The van der Waals surface area contributed by atoms with Crippen LogP contribution < -0.4 is 0 Å². The molecule has 0 fully saturated rings. The van der Waals surface area contributed by atoms with Crippen molar-refractivity contribution in [3.8, 4) is 0 Å². The van der Waals surface area contributed by atoms with Crippen LogP contribution in [0.3, 0.4) is 0 Å². The van der Waals surface area contributed by atoms with Crippen molar-refractivity contribution in [1.82, 2.24) is 0 Å². The molecule has 9 heavy (non-hydrogen) atoms. The van der Waals surface area contributed by atoms with Crippen LogP contribution >= 0.6 is 12.6 Å². The Morgan fingerprint density at radius 2 is 2.44 bits per heavy atom. The van der Waals surface area contributed by atoms with Crippen molar-refractivity contribution in [2.24, 2.45) is 0 Å². The standard InChI is InChI=1S/C6H10O2S/c1-2-3-6(7)8-4-5-9/h2-3,9H,4-5H2,1H3/b3-2+. The molecule has 0 heterocycles. The van der Waals surface area contributed by atoms with E-state index in [0.29, 0.717) is 12.4 Å². The molecule has 0 aromatic rings. The number of hydrogen-bond donors (Lipinski definition) is 1. The Balaban J connectivity index is 3.27. The second-order valence-electron chi connectivity index (χ2n) is 1.39. The molecule has 0 unspecified atom stereocenters. The molecule has 0 aliphatic rings. The summed E-state index contributed by atoms with van der Waals surface area (Å²) in [5.41, 5.74) is 0. The maximum Gasteiger partial charge on any atom is 0.330 e. The number of carbonyl (C=O) groups excluding carboxylic acids is 1. The SMILES string of the molecule is C/C=C/C(=O)OCCS. The highest BCUT2D eigenvalue weighted by molar-refractivity contribution is 7.80. The van der Waals surface area contributed by atoms with Crippen molar-refractivity contribution < 1.29 is 9.53 Å². The molecule has 0 amide bonds. The van der Waals surface area contributed by atoms with Gasteiger partial charge in [-0.05, 0) is 6.92 Å². The molecular formula is C6H10O2S. The third-order valence-electron chi connectivity index (χ3n) is 0.638. The quantitative estimate of drug-likeness (QED) is 0.366. The summed E-state index contributed by atoms with van der Waals surface area (Å²) in [4.78, 5) is 10.5. The second kappa shape index (κ2) is 5.69. The predicted octanol–water partition coefficient (Wildman–Crippen LogP) is 1.04. The lowest BCUT2D eigenvalue weighted by Gasteiger charge is -1.95. The Hall–Kier alpha value is -0.440. The Bertz CT molecular complexity index is 110. The van der Waals surface area contributed by atoms with Crippen LogP contribution in [0.5, 0.6) is 0 Å². The first-order valence-corrected chi connectivity index (χ1v) is 3.34. The predicted molar refractivity (Wildman–Crippen MR) is 39.6 cm³/mol. The number of allylic oxidation sites excluding steroid dienone is 1. The average Bonchev–Trinajstić information content (AvgIpc) is 1.85. The van der Waals surface area contributed by atoms with E-state index in [1.54, 1.807) is 13.0 Å². The van der Waals surface area contributed by atoms with Gasteiger partial charge in [-0.1, -0.05) is 6.08 Å². The lowest BCUT2D eigenvalue weighted by atomic mass is 10.5. The lowest BCUT2D eigenvalue weighted by molar-refractivity contribution is -0.137. The molecule has 3 heteroatoms. The van der Waals surface area contributed by atoms with Gasteiger partial charge in [0.15, 0.2) is 0 Å². The van der Waals surface area contributed by atoms with Gasteiger partial charge in [-0.3, -0.25) is 0 Å². The normalized spacial score (nSPS) is 10.0. The largest absolute Gasteiger partial charge is 0.462 e. The molecule has 0 aromatic carbocycles. The molecule has 52 valence electrons. The zero-order valence-corrected chi connectivity index (χ0v) is 6.23. The molecule has 0 atom stereocenters. The van der Waals surface area contributed by atoms with Crippen LogP contribution in [0.15, 0.2) is 12.2 Å². The van der Waals surface area contributed by atoms with Crippen LogP contribution in [0, 0.1) is 0 Å². The van der Waals surface area contributed by atoms with E-state index >= 15 is 0 Å². The van der Waals surface area contributed by atoms with Gasteiger partial charge in [0.25, 0.3) is 0 Å². The van der Waals surface area contributed by atoms with Crippen molar-refractivity contribution in [1.29, 1.82) is 0 Å². The van der Waals surface area contributed by atoms with Crippen LogP contribution in [-0.2, 0) is 9.53 Å². The van der Waals surface area contributed by atoms with E-state index < -0.39 is 0 Å². The van der Waals surface area contributed by atoms with Gasteiger partial charge in [0, 0.05) is 11.8 Å².